The van der Waals surface area contributed by atoms with Crippen LogP contribution in [-0.2, 0) is 11.2 Å². The van der Waals surface area contributed by atoms with Gasteiger partial charge in [0, 0.05) is 6.42 Å². The Balaban J connectivity index is 1.76. The Bertz CT molecular complexity index is 712. The zero-order valence-electron chi connectivity index (χ0n) is 15.9. The van der Waals surface area contributed by atoms with Gasteiger partial charge >= 0.3 is 0 Å². The molecule has 0 heterocycles. The lowest BCUT2D eigenvalue weighted by atomic mass is 10.1. The van der Waals surface area contributed by atoms with E-state index in [1.807, 2.05) is 56.3 Å². The second-order valence-corrected chi connectivity index (χ2v) is 6.28. The second kappa shape index (κ2) is 9.70. The van der Waals surface area contributed by atoms with E-state index in [0.717, 1.165) is 11.3 Å². The largest absolute Gasteiger partial charge is 0.493 e. The number of carbonyl (C=O) groups is 1. The smallest absolute Gasteiger partial charge is 0.220 e. The van der Waals surface area contributed by atoms with Gasteiger partial charge in [0.2, 0.25) is 5.91 Å². The number of amides is 1. The van der Waals surface area contributed by atoms with E-state index < -0.39 is 0 Å². The van der Waals surface area contributed by atoms with Crippen molar-refractivity contribution in [1.82, 2.24) is 5.32 Å². The van der Waals surface area contributed by atoms with Crippen LogP contribution in [0.25, 0.3) is 0 Å². The molecular weight excluding hydrogens is 330 g/mol. The van der Waals surface area contributed by atoms with Crippen LogP contribution in [0.1, 0.15) is 24.5 Å². The Hall–Kier alpha value is -2.69. The highest BCUT2D eigenvalue weighted by molar-refractivity contribution is 5.76. The summed E-state index contributed by atoms with van der Waals surface area (Å²) < 4.78 is 16.2. The third kappa shape index (κ3) is 5.99. The fourth-order valence-corrected chi connectivity index (χ4v) is 2.54. The SMILES string of the molecule is COc1ccc(CCC(=O)N[C@@H](C)COc2ccc(C)cc2)cc1OC. The molecule has 2 rings (SSSR count). The normalized spacial score (nSPS) is 11.5. The van der Waals surface area contributed by atoms with Crippen molar-refractivity contribution >= 4 is 5.91 Å². The third-order valence-electron chi connectivity index (χ3n) is 4.02. The van der Waals surface area contributed by atoms with Gasteiger partial charge in [-0.05, 0) is 50.1 Å². The summed E-state index contributed by atoms with van der Waals surface area (Å²) in [5.74, 6) is 2.16. The van der Waals surface area contributed by atoms with E-state index in [1.54, 1.807) is 14.2 Å². The molecule has 0 spiro atoms. The molecule has 5 heteroatoms. The van der Waals surface area contributed by atoms with Gasteiger partial charge < -0.3 is 19.5 Å². The average molecular weight is 357 g/mol. The van der Waals surface area contributed by atoms with Crippen LogP contribution in [0.5, 0.6) is 17.2 Å². The first kappa shape index (κ1) is 19.6. The predicted molar refractivity (Wildman–Crippen MR) is 102 cm³/mol. The van der Waals surface area contributed by atoms with Crippen LogP contribution in [0.2, 0.25) is 0 Å². The van der Waals surface area contributed by atoms with Crippen LogP contribution < -0.4 is 19.5 Å². The monoisotopic (exact) mass is 357 g/mol. The molecular formula is C21H27NO4. The number of methoxy groups -OCH3 is 2. The molecule has 2 aromatic carbocycles. The van der Waals surface area contributed by atoms with E-state index >= 15 is 0 Å². The van der Waals surface area contributed by atoms with Crippen LogP contribution >= 0.6 is 0 Å². The summed E-state index contributed by atoms with van der Waals surface area (Å²) in [7, 11) is 3.20. The Morgan fingerprint density at radius 1 is 1.04 bits per heavy atom. The molecule has 140 valence electrons. The molecule has 0 aliphatic rings. The van der Waals surface area contributed by atoms with Crippen LogP contribution in [0, 0.1) is 6.92 Å². The van der Waals surface area contributed by atoms with E-state index in [4.69, 9.17) is 14.2 Å². The standard InChI is InChI=1S/C21H27NO4/c1-15-5-9-18(10-6-15)26-14-16(2)22-21(23)12-8-17-7-11-19(24-3)20(13-17)25-4/h5-7,9-11,13,16H,8,12,14H2,1-4H3,(H,22,23)/t16-/m0/s1. The van der Waals surface area contributed by atoms with Crippen LogP contribution in [0.4, 0.5) is 0 Å². The number of aryl methyl sites for hydroxylation is 2. The summed E-state index contributed by atoms with van der Waals surface area (Å²) >= 11 is 0. The van der Waals surface area contributed by atoms with Crippen molar-refractivity contribution in [3.05, 3.63) is 53.6 Å². The zero-order chi connectivity index (χ0) is 18.9. The fraction of sp³-hybridized carbons (Fsp3) is 0.381. The number of hydrogen-bond acceptors (Lipinski definition) is 4. The van der Waals surface area contributed by atoms with Crippen LogP contribution in [0.15, 0.2) is 42.5 Å². The van der Waals surface area contributed by atoms with E-state index in [9.17, 15) is 4.79 Å². The average Bonchev–Trinajstić information content (AvgIpc) is 2.65. The first-order valence-corrected chi connectivity index (χ1v) is 8.71. The Morgan fingerprint density at radius 2 is 1.73 bits per heavy atom. The summed E-state index contributed by atoms with van der Waals surface area (Å²) in [6, 6.07) is 13.5. The first-order valence-electron chi connectivity index (χ1n) is 8.71. The molecule has 5 nitrogen and oxygen atoms in total. The lowest BCUT2D eigenvalue weighted by Crippen LogP contribution is -2.36. The molecule has 26 heavy (non-hydrogen) atoms. The van der Waals surface area contributed by atoms with E-state index in [1.165, 1.54) is 5.56 Å². The summed E-state index contributed by atoms with van der Waals surface area (Å²) in [6.45, 7) is 4.40. The van der Waals surface area contributed by atoms with Gasteiger partial charge in [0.25, 0.3) is 0 Å². The van der Waals surface area contributed by atoms with Crippen LogP contribution in [0.3, 0.4) is 0 Å². The number of benzene rings is 2. The predicted octanol–water partition coefficient (Wildman–Crippen LogP) is 3.53. The van der Waals surface area contributed by atoms with Gasteiger partial charge in [-0.25, -0.2) is 0 Å². The van der Waals surface area contributed by atoms with Crippen molar-refractivity contribution in [3.63, 3.8) is 0 Å². The highest BCUT2D eigenvalue weighted by Gasteiger charge is 2.10. The number of ether oxygens (including phenoxy) is 3. The van der Waals surface area contributed by atoms with E-state index in [2.05, 4.69) is 5.32 Å². The maximum atomic E-state index is 12.1. The van der Waals surface area contributed by atoms with Crippen molar-refractivity contribution in [3.8, 4) is 17.2 Å². The lowest BCUT2D eigenvalue weighted by Gasteiger charge is -2.15. The highest BCUT2D eigenvalue weighted by atomic mass is 16.5. The van der Waals surface area contributed by atoms with Crippen molar-refractivity contribution in [1.29, 1.82) is 0 Å². The molecule has 0 saturated carbocycles. The zero-order valence-corrected chi connectivity index (χ0v) is 15.9. The van der Waals surface area contributed by atoms with Gasteiger partial charge in [-0.15, -0.1) is 0 Å². The number of rotatable bonds is 9. The molecule has 0 saturated heterocycles. The maximum Gasteiger partial charge on any atom is 0.220 e. The van der Waals surface area contributed by atoms with Gasteiger partial charge in [-0.2, -0.15) is 0 Å². The number of nitrogens with one attached hydrogen (secondary N) is 1. The molecule has 1 atom stereocenters. The molecule has 1 N–H and O–H groups in total. The molecule has 2 aromatic rings. The van der Waals surface area contributed by atoms with Gasteiger partial charge in [0.15, 0.2) is 11.5 Å². The number of carbonyl (C=O) groups excluding carboxylic acids is 1. The summed E-state index contributed by atoms with van der Waals surface area (Å²) in [6.07, 6.45) is 1.04. The molecule has 0 aliphatic carbocycles. The van der Waals surface area contributed by atoms with Crippen molar-refractivity contribution < 1.29 is 19.0 Å². The number of hydrogen-bond donors (Lipinski definition) is 1. The molecule has 0 aromatic heterocycles. The van der Waals surface area contributed by atoms with Gasteiger partial charge in [0.1, 0.15) is 12.4 Å². The van der Waals surface area contributed by atoms with Gasteiger partial charge in [-0.3, -0.25) is 4.79 Å². The quantitative estimate of drug-likeness (QED) is 0.746. The second-order valence-electron chi connectivity index (χ2n) is 6.28. The highest BCUT2D eigenvalue weighted by Crippen LogP contribution is 2.27. The van der Waals surface area contributed by atoms with E-state index in [-0.39, 0.29) is 11.9 Å². The van der Waals surface area contributed by atoms with Gasteiger partial charge in [0.05, 0.1) is 20.3 Å². The van der Waals surface area contributed by atoms with E-state index in [0.29, 0.717) is 30.9 Å². The Morgan fingerprint density at radius 3 is 2.38 bits per heavy atom. The van der Waals surface area contributed by atoms with Crippen molar-refractivity contribution in [2.75, 3.05) is 20.8 Å². The molecule has 0 bridgehead atoms. The topological polar surface area (TPSA) is 56.8 Å². The summed E-state index contributed by atoms with van der Waals surface area (Å²) in [5, 5.41) is 2.96. The van der Waals surface area contributed by atoms with Gasteiger partial charge in [-0.1, -0.05) is 23.8 Å². The van der Waals surface area contributed by atoms with Crippen molar-refractivity contribution in [2.24, 2.45) is 0 Å². The molecule has 0 fully saturated rings. The Kier molecular flexibility index (Phi) is 7.33. The maximum absolute atomic E-state index is 12.1. The fourth-order valence-electron chi connectivity index (χ4n) is 2.54. The minimum Gasteiger partial charge on any atom is -0.493 e. The summed E-state index contributed by atoms with van der Waals surface area (Å²) in [4.78, 5) is 12.1. The minimum atomic E-state index is -0.0609. The molecule has 0 radical (unpaired) electrons. The Labute approximate surface area is 155 Å². The first-order chi connectivity index (χ1) is 12.5. The van der Waals surface area contributed by atoms with Crippen LogP contribution in [-0.4, -0.2) is 32.8 Å². The lowest BCUT2D eigenvalue weighted by molar-refractivity contribution is -0.121. The molecule has 0 aliphatic heterocycles. The minimum absolute atomic E-state index is 0.000194. The summed E-state index contributed by atoms with van der Waals surface area (Å²) in [5.41, 5.74) is 2.22. The molecule has 0 unspecified atom stereocenters. The third-order valence-corrected chi connectivity index (χ3v) is 4.02. The van der Waals surface area contributed by atoms with Crippen molar-refractivity contribution in [2.45, 2.75) is 32.7 Å². The molecule has 1 amide bonds.